The zero-order valence-corrected chi connectivity index (χ0v) is 11.2. The highest BCUT2D eigenvalue weighted by Gasteiger charge is 2.11. The molecule has 3 N–H and O–H groups in total. The molecule has 0 saturated heterocycles. The Labute approximate surface area is 112 Å². The lowest BCUT2D eigenvalue weighted by atomic mass is 10.2. The maximum atomic E-state index is 5.97. The SMILES string of the molecule is CCc1nc(NCc2ccccc2)c(N)c(OC)n1. The number of rotatable bonds is 5. The summed E-state index contributed by atoms with van der Waals surface area (Å²) in [5.74, 6) is 1.75. The van der Waals surface area contributed by atoms with Crippen molar-refractivity contribution in [2.75, 3.05) is 18.2 Å². The third-order valence-corrected chi connectivity index (χ3v) is 2.77. The molecule has 0 aliphatic rings. The van der Waals surface area contributed by atoms with Crippen LogP contribution in [0.2, 0.25) is 0 Å². The highest BCUT2D eigenvalue weighted by atomic mass is 16.5. The van der Waals surface area contributed by atoms with E-state index in [2.05, 4.69) is 15.3 Å². The maximum Gasteiger partial charge on any atom is 0.242 e. The van der Waals surface area contributed by atoms with Crippen LogP contribution in [0.4, 0.5) is 11.5 Å². The average Bonchev–Trinajstić information content (AvgIpc) is 2.47. The second-order valence-electron chi connectivity index (χ2n) is 4.10. The number of nitrogen functional groups attached to an aromatic ring is 1. The molecule has 0 radical (unpaired) electrons. The lowest BCUT2D eigenvalue weighted by Crippen LogP contribution is -2.09. The number of nitrogens with two attached hydrogens (primary N) is 1. The summed E-state index contributed by atoms with van der Waals surface area (Å²) in [5.41, 5.74) is 7.57. The molecule has 0 spiro atoms. The van der Waals surface area contributed by atoms with E-state index >= 15 is 0 Å². The van der Waals surface area contributed by atoms with Gasteiger partial charge in [-0.2, -0.15) is 4.98 Å². The first kappa shape index (κ1) is 13.1. The smallest absolute Gasteiger partial charge is 0.242 e. The summed E-state index contributed by atoms with van der Waals surface area (Å²) >= 11 is 0. The van der Waals surface area contributed by atoms with Crippen molar-refractivity contribution in [3.8, 4) is 5.88 Å². The number of ether oxygens (including phenoxy) is 1. The standard InChI is InChI=1S/C14H18N4O/c1-3-11-17-13(12(15)14(18-11)19-2)16-9-10-7-5-4-6-8-10/h4-8H,3,9,15H2,1-2H3,(H,16,17,18). The van der Waals surface area contributed by atoms with Crippen LogP contribution in [0.5, 0.6) is 5.88 Å². The van der Waals surface area contributed by atoms with Gasteiger partial charge in [-0.1, -0.05) is 37.3 Å². The van der Waals surface area contributed by atoms with Gasteiger partial charge in [0.05, 0.1) is 7.11 Å². The quantitative estimate of drug-likeness (QED) is 0.860. The molecule has 5 nitrogen and oxygen atoms in total. The molecular weight excluding hydrogens is 240 g/mol. The summed E-state index contributed by atoms with van der Waals surface area (Å²) in [6.45, 7) is 2.65. The van der Waals surface area contributed by atoms with E-state index in [0.717, 1.165) is 12.0 Å². The number of nitrogens with one attached hydrogen (secondary N) is 1. The number of anilines is 2. The molecule has 1 aromatic carbocycles. The second kappa shape index (κ2) is 6.04. The van der Waals surface area contributed by atoms with Crippen LogP contribution in [-0.4, -0.2) is 17.1 Å². The van der Waals surface area contributed by atoms with Gasteiger partial charge in [0, 0.05) is 13.0 Å². The van der Waals surface area contributed by atoms with Crippen LogP contribution in [0.25, 0.3) is 0 Å². The van der Waals surface area contributed by atoms with E-state index in [1.807, 2.05) is 37.3 Å². The molecule has 19 heavy (non-hydrogen) atoms. The van der Waals surface area contributed by atoms with Crippen molar-refractivity contribution in [1.82, 2.24) is 9.97 Å². The Balaban J connectivity index is 2.19. The number of nitrogens with zero attached hydrogens (tertiary/aromatic N) is 2. The largest absolute Gasteiger partial charge is 0.479 e. The zero-order chi connectivity index (χ0) is 13.7. The zero-order valence-electron chi connectivity index (χ0n) is 11.2. The molecule has 0 atom stereocenters. The minimum Gasteiger partial charge on any atom is -0.479 e. The summed E-state index contributed by atoms with van der Waals surface area (Å²) in [7, 11) is 1.55. The highest BCUT2D eigenvalue weighted by Crippen LogP contribution is 2.26. The molecule has 2 aromatic rings. The molecule has 0 saturated carbocycles. The lowest BCUT2D eigenvalue weighted by Gasteiger charge is -2.12. The van der Waals surface area contributed by atoms with Crippen LogP contribution in [0.3, 0.4) is 0 Å². The molecule has 5 heteroatoms. The molecule has 1 aromatic heterocycles. The first-order chi connectivity index (χ1) is 9.24. The van der Waals surface area contributed by atoms with Gasteiger partial charge in [0.2, 0.25) is 5.88 Å². The van der Waals surface area contributed by atoms with Gasteiger partial charge in [0.1, 0.15) is 11.5 Å². The van der Waals surface area contributed by atoms with E-state index in [9.17, 15) is 0 Å². The Hall–Kier alpha value is -2.30. The summed E-state index contributed by atoms with van der Waals surface area (Å²) in [6.07, 6.45) is 0.733. The van der Waals surface area contributed by atoms with Crippen molar-refractivity contribution in [3.05, 3.63) is 41.7 Å². The molecule has 1 heterocycles. The van der Waals surface area contributed by atoms with Gasteiger partial charge in [-0.25, -0.2) is 4.98 Å². The van der Waals surface area contributed by atoms with Gasteiger partial charge in [-0.15, -0.1) is 0 Å². The van der Waals surface area contributed by atoms with Crippen molar-refractivity contribution in [2.45, 2.75) is 19.9 Å². The summed E-state index contributed by atoms with van der Waals surface area (Å²) in [6, 6.07) is 10.1. The normalized spacial score (nSPS) is 10.2. The summed E-state index contributed by atoms with van der Waals surface area (Å²) in [4.78, 5) is 8.61. The van der Waals surface area contributed by atoms with E-state index in [1.165, 1.54) is 0 Å². The molecule has 0 amide bonds. The average molecular weight is 258 g/mol. The molecule has 100 valence electrons. The third kappa shape index (κ3) is 3.13. The van der Waals surface area contributed by atoms with Crippen molar-refractivity contribution in [2.24, 2.45) is 0 Å². The van der Waals surface area contributed by atoms with Gasteiger partial charge in [0.15, 0.2) is 5.82 Å². The fraction of sp³-hybridized carbons (Fsp3) is 0.286. The monoisotopic (exact) mass is 258 g/mol. The molecule has 0 fully saturated rings. The molecule has 0 unspecified atom stereocenters. The van der Waals surface area contributed by atoms with E-state index in [-0.39, 0.29) is 0 Å². The highest BCUT2D eigenvalue weighted by molar-refractivity contribution is 5.66. The predicted octanol–water partition coefficient (Wildman–Crippen LogP) is 2.24. The first-order valence-corrected chi connectivity index (χ1v) is 6.22. The summed E-state index contributed by atoms with van der Waals surface area (Å²) < 4.78 is 5.16. The van der Waals surface area contributed by atoms with E-state index in [1.54, 1.807) is 7.11 Å². The third-order valence-electron chi connectivity index (χ3n) is 2.77. The topological polar surface area (TPSA) is 73.1 Å². The van der Waals surface area contributed by atoms with Crippen molar-refractivity contribution in [3.63, 3.8) is 0 Å². The fourth-order valence-corrected chi connectivity index (χ4v) is 1.72. The number of benzene rings is 1. The number of aromatic nitrogens is 2. The Morgan fingerprint density at radius 2 is 1.95 bits per heavy atom. The molecular formula is C14H18N4O. The van der Waals surface area contributed by atoms with Crippen molar-refractivity contribution in [1.29, 1.82) is 0 Å². The molecule has 0 aliphatic heterocycles. The van der Waals surface area contributed by atoms with Gasteiger partial charge in [-0.3, -0.25) is 0 Å². The number of hydrogen-bond donors (Lipinski definition) is 2. The van der Waals surface area contributed by atoms with Crippen LogP contribution >= 0.6 is 0 Å². The Kier molecular flexibility index (Phi) is 4.18. The fourth-order valence-electron chi connectivity index (χ4n) is 1.72. The van der Waals surface area contributed by atoms with Gasteiger partial charge >= 0.3 is 0 Å². The minimum absolute atomic E-state index is 0.419. The van der Waals surface area contributed by atoms with Crippen LogP contribution in [0, 0.1) is 0 Å². The Bertz CT molecular complexity index is 543. The predicted molar refractivity (Wildman–Crippen MR) is 76.1 cm³/mol. The number of aryl methyl sites for hydroxylation is 1. The second-order valence-corrected chi connectivity index (χ2v) is 4.10. The van der Waals surface area contributed by atoms with E-state index < -0.39 is 0 Å². The van der Waals surface area contributed by atoms with Gasteiger partial charge in [0.25, 0.3) is 0 Å². The van der Waals surface area contributed by atoms with Crippen LogP contribution in [0.15, 0.2) is 30.3 Å². The van der Waals surface area contributed by atoms with Crippen LogP contribution in [0.1, 0.15) is 18.3 Å². The Morgan fingerprint density at radius 1 is 1.21 bits per heavy atom. The molecule has 0 aliphatic carbocycles. The van der Waals surface area contributed by atoms with Crippen LogP contribution < -0.4 is 15.8 Å². The Morgan fingerprint density at radius 3 is 2.58 bits per heavy atom. The molecule has 2 rings (SSSR count). The molecule has 0 bridgehead atoms. The van der Waals surface area contributed by atoms with Gasteiger partial charge in [-0.05, 0) is 5.56 Å². The van der Waals surface area contributed by atoms with Crippen molar-refractivity contribution < 1.29 is 4.74 Å². The van der Waals surface area contributed by atoms with Crippen molar-refractivity contribution >= 4 is 11.5 Å². The maximum absolute atomic E-state index is 5.97. The first-order valence-electron chi connectivity index (χ1n) is 6.22. The number of methoxy groups -OCH3 is 1. The minimum atomic E-state index is 0.419. The van der Waals surface area contributed by atoms with E-state index in [0.29, 0.717) is 29.8 Å². The number of hydrogen-bond acceptors (Lipinski definition) is 5. The van der Waals surface area contributed by atoms with Crippen LogP contribution in [-0.2, 0) is 13.0 Å². The summed E-state index contributed by atoms with van der Waals surface area (Å²) in [5, 5.41) is 3.22. The van der Waals surface area contributed by atoms with Gasteiger partial charge < -0.3 is 15.8 Å². The van der Waals surface area contributed by atoms with E-state index in [4.69, 9.17) is 10.5 Å². The lowest BCUT2D eigenvalue weighted by molar-refractivity contribution is 0.397.